The third-order valence-corrected chi connectivity index (χ3v) is 7.10. The van der Waals surface area contributed by atoms with E-state index in [4.69, 9.17) is 16.3 Å². The van der Waals surface area contributed by atoms with Crippen LogP contribution in [0, 0.1) is 20.8 Å². The van der Waals surface area contributed by atoms with Gasteiger partial charge in [0.25, 0.3) is 0 Å². The van der Waals surface area contributed by atoms with Gasteiger partial charge < -0.3 is 10.1 Å². The molecule has 2 N–H and O–H groups in total. The lowest BCUT2D eigenvalue weighted by Crippen LogP contribution is -2.45. The second kappa shape index (κ2) is 11.0. The largest absolute Gasteiger partial charge is 0.492 e. The quantitative estimate of drug-likeness (QED) is 0.423. The maximum atomic E-state index is 13.3. The molecule has 0 aromatic heterocycles. The van der Waals surface area contributed by atoms with Gasteiger partial charge >= 0.3 is 0 Å². The van der Waals surface area contributed by atoms with E-state index >= 15 is 0 Å². The van der Waals surface area contributed by atoms with Gasteiger partial charge in [0, 0.05) is 5.69 Å². The standard InChI is InChI=1S/C26H29ClN2O4S/c1-5-33-24-12-11-21(16-22(24)27)34(31,32)29-23(15-20-9-7-6-8-10-20)26(30)28-25-18(3)13-17(2)14-19(25)4/h6-14,16,23,29H,5,15H2,1-4H3,(H,28,30)/t23-/m1/s1. The highest BCUT2D eigenvalue weighted by molar-refractivity contribution is 7.89. The average Bonchev–Trinajstić information content (AvgIpc) is 2.77. The van der Waals surface area contributed by atoms with Gasteiger partial charge in [0.15, 0.2) is 0 Å². The maximum Gasteiger partial charge on any atom is 0.242 e. The third kappa shape index (κ3) is 6.38. The summed E-state index contributed by atoms with van der Waals surface area (Å²) in [6, 6.07) is 16.4. The Labute approximate surface area is 206 Å². The van der Waals surface area contributed by atoms with Crippen molar-refractivity contribution in [3.8, 4) is 5.75 Å². The molecule has 1 atom stereocenters. The number of hydrogen-bond acceptors (Lipinski definition) is 4. The lowest BCUT2D eigenvalue weighted by molar-refractivity contribution is -0.117. The molecule has 1 amide bonds. The number of sulfonamides is 1. The van der Waals surface area contributed by atoms with Gasteiger partial charge in [-0.25, -0.2) is 8.42 Å². The van der Waals surface area contributed by atoms with Crippen LogP contribution in [0.2, 0.25) is 5.02 Å². The lowest BCUT2D eigenvalue weighted by atomic mass is 10.0. The molecule has 0 spiro atoms. The van der Waals surface area contributed by atoms with Crippen molar-refractivity contribution in [2.75, 3.05) is 11.9 Å². The fourth-order valence-corrected chi connectivity index (χ4v) is 5.32. The van der Waals surface area contributed by atoms with Crippen molar-refractivity contribution < 1.29 is 17.9 Å². The molecule has 0 aliphatic rings. The molecule has 8 heteroatoms. The molecule has 6 nitrogen and oxygen atoms in total. The van der Waals surface area contributed by atoms with Gasteiger partial charge in [0.1, 0.15) is 11.8 Å². The van der Waals surface area contributed by atoms with E-state index in [0.29, 0.717) is 18.0 Å². The van der Waals surface area contributed by atoms with Gasteiger partial charge in [-0.05, 0) is 69.0 Å². The van der Waals surface area contributed by atoms with Crippen LogP contribution in [-0.4, -0.2) is 27.0 Å². The molecule has 0 unspecified atom stereocenters. The number of amides is 1. The van der Waals surface area contributed by atoms with E-state index in [-0.39, 0.29) is 16.3 Å². The van der Waals surface area contributed by atoms with E-state index in [1.807, 2.05) is 70.2 Å². The maximum absolute atomic E-state index is 13.3. The number of halogens is 1. The van der Waals surface area contributed by atoms with Crippen LogP contribution in [0.3, 0.4) is 0 Å². The number of ether oxygens (including phenoxy) is 1. The molecular weight excluding hydrogens is 472 g/mol. The van der Waals surface area contributed by atoms with Crippen LogP contribution in [0.4, 0.5) is 5.69 Å². The highest BCUT2D eigenvalue weighted by Crippen LogP contribution is 2.28. The zero-order valence-corrected chi connectivity index (χ0v) is 21.3. The predicted molar refractivity (Wildman–Crippen MR) is 136 cm³/mol. The summed E-state index contributed by atoms with van der Waals surface area (Å²) in [5.41, 5.74) is 4.40. The minimum atomic E-state index is -4.05. The summed E-state index contributed by atoms with van der Waals surface area (Å²) in [6.07, 6.45) is 0.181. The first-order valence-electron chi connectivity index (χ1n) is 11.0. The van der Waals surface area contributed by atoms with Crippen molar-refractivity contribution in [1.29, 1.82) is 0 Å². The van der Waals surface area contributed by atoms with Crippen molar-refractivity contribution in [2.45, 2.75) is 45.1 Å². The van der Waals surface area contributed by atoms with Crippen molar-refractivity contribution in [3.63, 3.8) is 0 Å². The van der Waals surface area contributed by atoms with Crippen LogP contribution in [0.1, 0.15) is 29.2 Å². The van der Waals surface area contributed by atoms with Crippen LogP contribution >= 0.6 is 11.6 Å². The van der Waals surface area contributed by atoms with E-state index in [1.165, 1.54) is 18.2 Å². The summed E-state index contributed by atoms with van der Waals surface area (Å²) in [6.45, 7) is 8.02. The molecule has 3 aromatic rings. The van der Waals surface area contributed by atoms with Gasteiger partial charge in [0.2, 0.25) is 15.9 Å². The molecule has 34 heavy (non-hydrogen) atoms. The molecular formula is C26H29ClN2O4S. The zero-order chi connectivity index (χ0) is 24.9. The topological polar surface area (TPSA) is 84.5 Å². The molecule has 180 valence electrons. The van der Waals surface area contributed by atoms with Gasteiger partial charge in [-0.3, -0.25) is 4.79 Å². The highest BCUT2D eigenvalue weighted by atomic mass is 35.5. The van der Waals surface area contributed by atoms with E-state index in [9.17, 15) is 13.2 Å². The van der Waals surface area contributed by atoms with Crippen LogP contribution < -0.4 is 14.8 Å². The average molecular weight is 501 g/mol. The number of aryl methyl sites for hydroxylation is 3. The van der Waals surface area contributed by atoms with E-state index < -0.39 is 22.0 Å². The summed E-state index contributed by atoms with van der Waals surface area (Å²) >= 11 is 6.20. The fourth-order valence-electron chi connectivity index (χ4n) is 3.80. The Morgan fingerprint density at radius 3 is 2.24 bits per heavy atom. The summed E-state index contributed by atoms with van der Waals surface area (Å²) in [7, 11) is -4.05. The lowest BCUT2D eigenvalue weighted by Gasteiger charge is -2.21. The molecule has 0 aliphatic carbocycles. The Morgan fingerprint density at radius 1 is 1.00 bits per heavy atom. The number of carbonyl (C=O) groups excluding carboxylic acids is 1. The minimum Gasteiger partial charge on any atom is -0.492 e. The number of hydrogen-bond donors (Lipinski definition) is 2. The summed E-state index contributed by atoms with van der Waals surface area (Å²) in [4.78, 5) is 13.3. The Kier molecular flexibility index (Phi) is 8.36. The third-order valence-electron chi connectivity index (χ3n) is 5.34. The van der Waals surface area contributed by atoms with Gasteiger partial charge in [-0.2, -0.15) is 4.72 Å². The second-order valence-corrected chi connectivity index (χ2v) is 10.3. The van der Waals surface area contributed by atoms with Crippen LogP contribution in [0.25, 0.3) is 0 Å². The molecule has 0 bridgehead atoms. The van der Waals surface area contributed by atoms with Gasteiger partial charge in [-0.15, -0.1) is 0 Å². The SMILES string of the molecule is CCOc1ccc(S(=O)(=O)N[C@H](Cc2ccccc2)C(=O)Nc2c(C)cc(C)cc2C)cc1Cl. The zero-order valence-electron chi connectivity index (χ0n) is 19.7. The van der Waals surface area contributed by atoms with Crippen molar-refractivity contribution >= 4 is 33.2 Å². The molecule has 0 fully saturated rings. The molecule has 0 heterocycles. The first kappa shape index (κ1) is 25.7. The van der Waals surface area contributed by atoms with E-state index in [1.54, 1.807) is 0 Å². The molecule has 0 saturated carbocycles. The summed E-state index contributed by atoms with van der Waals surface area (Å²) in [5.74, 6) is -0.0495. The Hall–Kier alpha value is -2.87. The smallest absolute Gasteiger partial charge is 0.242 e. The molecule has 3 aromatic carbocycles. The molecule has 0 saturated heterocycles. The monoisotopic (exact) mass is 500 g/mol. The van der Waals surface area contributed by atoms with Crippen LogP contribution in [0.5, 0.6) is 5.75 Å². The van der Waals surface area contributed by atoms with Gasteiger partial charge in [0.05, 0.1) is 16.5 Å². The van der Waals surface area contributed by atoms with Gasteiger partial charge in [-0.1, -0.05) is 59.6 Å². The fraction of sp³-hybridized carbons (Fsp3) is 0.269. The highest BCUT2D eigenvalue weighted by Gasteiger charge is 2.27. The number of benzene rings is 3. The van der Waals surface area contributed by atoms with E-state index in [0.717, 1.165) is 22.3 Å². The Balaban J connectivity index is 1.91. The number of carbonyl (C=O) groups is 1. The predicted octanol–water partition coefficient (Wildman–Crippen LogP) is 5.19. The number of anilines is 1. The molecule has 0 radical (unpaired) electrons. The van der Waals surface area contributed by atoms with Crippen molar-refractivity contribution in [2.24, 2.45) is 0 Å². The first-order valence-corrected chi connectivity index (χ1v) is 12.8. The number of nitrogens with one attached hydrogen (secondary N) is 2. The first-order chi connectivity index (χ1) is 16.1. The van der Waals surface area contributed by atoms with Crippen molar-refractivity contribution in [3.05, 3.63) is 87.9 Å². The Morgan fingerprint density at radius 2 is 1.65 bits per heavy atom. The van der Waals surface area contributed by atoms with E-state index in [2.05, 4.69) is 10.0 Å². The number of rotatable bonds is 9. The van der Waals surface area contributed by atoms with Crippen LogP contribution in [0.15, 0.2) is 65.6 Å². The summed E-state index contributed by atoms with van der Waals surface area (Å²) in [5, 5.41) is 3.11. The Bertz CT molecular complexity index is 1250. The molecule has 0 aliphatic heterocycles. The normalized spacial score (nSPS) is 12.3. The summed E-state index contributed by atoms with van der Waals surface area (Å²) < 4.78 is 34.4. The van der Waals surface area contributed by atoms with Crippen LogP contribution in [-0.2, 0) is 21.2 Å². The molecule has 3 rings (SSSR count). The minimum absolute atomic E-state index is 0.0467. The second-order valence-electron chi connectivity index (χ2n) is 8.15. The van der Waals surface area contributed by atoms with Crippen molar-refractivity contribution in [1.82, 2.24) is 4.72 Å².